The topological polar surface area (TPSA) is 38.5 Å². The Balaban J connectivity index is 2.16. The van der Waals surface area contributed by atoms with E-state index in [1.54, 1.807) is 7.11 Å². The van der Waals surface area contributed by atoms with Crippen LogP contribution in [-0.4, -0.2) is 44.3 Å². The zero-order valence-corrected chi connectivity index (χ0v) is 8.12. The summed E-state index contributed by atoms with van der Waals surface area (Å²) in [6.07, 6.45) is 1.26. The Hall–Kier alpha value is -0.120. The average Bonchev–Trinajstić information content (AvgIpc) is 2.36. The van der Waals surface area contributed by atoms with E-state index in [-0.39, 0.29) is 0 Å². The van der Waals surface area contributed by atoms with Crippen molar-refractivity contribution in [1.29, 1.82) is 0 Å². The first-order valence-corrected chi connectivity index (χ1v) is 4.69. The number of rotatable bonds is 4. The van der Waals surface area contributed by atoms with Crippen LogP contribution in [0.2, 0.25) is 0 Å². The van der Waals surface area contributed by atoms with Gasteiger partial charge in [-0.1, -0.05) is 0 Å². The zero-order chi connectivity index (χ0) is 8.97. The van der Waals surface area contributed by atoms with Crippen LogP contribution in [0.25, 0.3) is 0 Å². The Bertz CT molecular complexity index is 128. The maximum absolute atomic E-state index is 5.72. The number of ether oxygens (including phenoxy) is 1. The van der Waals surface area contributed by atoms with E-state index in [0.717, 1.165) is 25.6 Å². The third kappa shape index (κ3) is 3.09. The van der Waals surface area contributed by atoms with E-state index >= 15 is 0 Å². The fourth-order valence-electron chi connectivity index (χ4n) is 1.86. The molecule has 1 aliphatic rings. The highest BCUT2D eigenvalue weighted by molar-refractivity contribution is 4.76. The Morgan fingerprint density at radius 1 is 1.67 bits per heavy atom. The molecule has 0 amide bonds. The van der Waals surface area contributed by atoms with Crippen molar-refractivity contribution in [3.63, 3.8) is 0 Å². The van der Waals surface area contributed by atoms with Gasteiger partial charge in [0.15, 0.2) is 0 Å². The smallest absolute Gasteiger partial charge is 0.0503 e. The highest BCUT2D eigenvalue weighted by Gasteiger charge is 2.22. The molecule has 1 aliphatic heterocycles. The summed E-state index contributed by atoms with van der Waals surface area (Å²) in [5.41, 5.74) is 5.72. The first-order valence-electron chi connectivity index (χ1n) is 4.69. The second-order valence-corrected chi connectivity index (χ2v) is 3.85. The molecule has 72 valence electrons. The van der Waals surface area contributed by atoms with Gasteiger partial charge in [-0.15, -0.1) is 0 Å². The van der Waals surface area contributed by atoms with Gasteiger partial charge in [-0.3, -0.25) is 0 Å². The molecule has 0 spiro atoms. The lowest BCUT2D eigenvalue weighted by atomic mass is 10.1. The maximum atomic E-state index is 5.72. The lowest BCUT2D eigenvalue weighted by Crippen LogP contribution is -2.34. The minimum atomic E-state index is 0.297. The molecule has 0 aromatic carbocycles. The van der Waals surface area contributed by atoms with Crippen molar-refractivity contribution in [2.75, 3.05) is 33.4 Å². The van der Waals surface area contributed by atoms with Crippen molar-refractivity contribution in [3.05, 3.63) is 0 Å². The fraction of sp³-hybridized carbons (Fsp3) is 1.00. The summed E-state index contributed by atoms with van der Waals surface area (Å²) in [6, 6.07) is 0.297. The lowest BCUT2D eigenvalue weighted by molar-refractivity contribution is 0.153. The van der Waals surface area contributed by atoms with E-state index in [1.807, 2.05) is 0 Å². The summed E-state index contributed by atoms with van der Waals surface area (Å²) < 4.78 is 5.12. The average molecular weight is 172 g/mol. The highest BCUT2D eigenvalue weighted by atomic mass is 16.5. The number of hydrogen-bond donors (Lipinski definition) is 1. The third-order valence-corrected chi connectivity index (χ3v) is 2.32. The minimum absolute atomic E-state index is 0.297. The molecule has 2 N–H and O–H groups in total. The van der Waals surface area contributed by atoms with Gasteiger partial charge < -0.3 is 15.4 Å². The van der Waals surface area contributed by atoms with Gasteiger partial charge in [0.1, 0.15) is 0 Å². The fourth-order valence-corrected chi connectivity index (χ4v) is 1.86. The molecule has 1 unspecified atom stereocenters. The van der Waals surface area contributed by atoms with E-state index < -0.39 is 0 Å². The second kappa shape index (κ2) is 4.80. The molecule has 1 heterocycles. The molecule has 1 rings (SSSR count). The quantitative estimate of drug-likeness (QED) is 0.663. The van der Waals surface area contributed by atoms with Crippen LogP contribution in [0.3, 0.4) is 0 Å². The van der Waals surface area contributed by atoms with Crippen molar-refractivity contribution >= 4 is 0 Å². The van der Waals surface area contributed by atoms with Crippen molar-refractivity contribution < 1.29 is 4.74 Å². The molecule has 0 aromatic rings. The van der Waals surface area contributed by atoms with Crippen LogP contribution in [0.15, 0.2) is 0 Å². The van der Waals surface area contributed by atoms with Gasteiger partial charge in [0.05, 0.1) is 6.61 Å². The molecule has 12 heavy (non-hydrogen) atoms. The molecule has 1 fully saturated rings. The molecule has 3 nitrogen and oxygen atoms in total. The third-order valence-electron chi connectivity index (χ3n) is 2.32. The standard InChI is InChI=1S/C9H20N2O/c1-8(10)5-11-4-3-9(6-11)7-12-2/h8-9H,3-7,10H2,1-2H3/t8-,9?/m0/s1. The summed E-state index contributed by atoms with van der Waals surface area (Å²) in [5, 5.41) is 0. The molecule has 3 heteroatoms. The van der Waals surface area contributed by atoms with E-state index in [2.05, 4.69) is 11.8 Å². The van der Waals surface area contributed by atoms with Crippen LogP contribution in [0, 0.1) is 5.92 Å². The van der Waals surface area contributed by atoms with Crippen LogP contribution < -0.4 is 5.73 Å². The van der Waals surface area contributed by atoms with Crippen molar-refractivity contribution in [2.45, 2.75) is 19.4 Å². The zero-order valence-electron chi connectivity index (χ0n) is 8.12. The summed E-state index contributed by atoms with van der Waals surface area (Å²) in [6.45, 7) is 6.34. The number of hydrogen-bond acceptors (Lipinski definition) is 3. The first kappa shape index (κ1) is 9.96. The maximum Gasteiger partial charge on any atom is 0.0503 e. The van der Waals surface area contributed by atoms with Crippen molar-refractivity contribution in [3.8, 4) is 0 Å². The Morgan fingerprint density at radius 3 is 3.00 bits per heavy atom. The molecule has 0 aliphatic carbocycles. The normalized spacial score (nSPS) is 27.8. The number of nitrogens with two attached hydrogens (primary N) is 1. The minimum Gasteiger partial charge on any atom is -0.384 e. The van der Waals surface area contributed by atoms with E-state index in [1.165, 1.54) is 13.0 Å². The van der Waals surface area contributed by atoms with Crippen molar-refractivity contribution in [1.82, 2.24) is 4.90 Å². The summed E-state index contributed by atoms with van der Waals surface area (Å²) in [4.78, 5) is 2.42. The molecule has 1 saturated heterocycles. The van der Waals surface area contributed by atoms with Gasteiger partial charge in [-0.25, -0.2) is 0 Å². The molecule has 2 atom stereocenters. The molecule has 0 saturated carbocycles. The predicted molar refractivity (Wildman–Crippen MR) is 50.1 cm³/mol. The molecular weight excluding hydrogens is 152 g/mol. The van der Waals surface area contributed by atoms with Gasteiger partial charge in [0, 0.05) is 26.2 Å². The van der Waals surface area contributed by atoms with Crippen LogP contribution in [0.5, 0.6) is 0 Å². The molecular formula is C9H20N2O. The van der Waals surface area contributed by atoms with E-state index in [9.17, 15) is 0 Å². The van der Waals surface area contributed by atoms with Gasteiger partial charge in [-0.2, -0.15) is 0 Å². The van der Waals surface area contributed by atoms with Crippen LogP contribution in [-0.2, 0) is 4.74 Å². The second-order valence-electron chi connectivity index (χ2n) is 3.85. The van der Waals surface area contributed by atoms with Crippen molar-refractivity contribution in [2.24, 2.45) is 11.7 Å². The SMILES string of the molecule is COCC1CCN(C[C@H](C)N)C1. The summed E-state index contributed by atoms with van der Waals surface area (Å²) in [5.74, 6) is 0.730. The molecule has 0 bridgehead atoms. The van der Waals surface area contributed by atoms with Gasteiger partial charge in [-0.05, 0) is 25.8 Å². The Kier molecular flexibility index (Phi) is 3.98. The lowest BCUT2D eigenvalue weighted by Gasteiger charge is -2.17. The predicted octanol–water partition coefficient (Wildman–Crippen LogP) is 0.302. The number of likely N-dealkylation sites (tertiary alicyclic amines) is 1. The van der Waals surface area contributed by atoms with Crippen LogP contribution in [0.1, 0.15) is 13.3 Å². The van der Waals surface area contributed by atoms with Gasteiger partial charge in [0.25, 0.3) is 0 Å². The number of nitrogens with zero attached hydrogens (tertiary/aromatic N) is 1. The van der Waals surface area contributed by atoms with Crippen LogP contribution in [0.4, 0.5) is 0 Å². The highest BCUT2D eigenvalue weighted by Crippen LogP contribution is 2.15. The van der Waals surface area contributed by atoms with E-state index in [0.29, 0.717) is 6.04 Å². The van der Waals surface area contributed by atoms with Gasteiger partial charge >= 0.3 is 0 Å². The summed E-state index contributed by atoms with van der Waals surface area (Å²) in [7, 11) is 1.77. The van der Waals surface area contributed by atoms with Crippen LogP contribution >= 0.6 is 0 Å². The monoisotopic (exact) mass is 172 g/mol. The van der Waals surface area contributed by atoms with E-state index in [4.69, 9.17) is 10.5 Å². The molecule has 0 radical (unpaired) electrons. The Morgan fingerprint density at radius 2 is 2.42 bits per heavy atom. The molecule has 0 aromatic heterocycles. The Labute approximate surface area is 74.9 Å². The largest absolute Gasteiger partial charge is 0.384 e. The number of methoxy groups -OCH3 is 1. The summed E-state index contributed by atoms with van der Waals surface area (Å²) >= 11 is 0. The first-order chi connectivity index (χ1) is 5.72. The van der Waals surface area contributed by atoms with Gasteiger partial charge in [0.2, 0.25) is 0 Å².